The first-order valence-electron chi connectivity index (χ1n) is 16.0. The van der Waals surface area contributed by atoms with E-state index in [1.807, 2.05) is 12.1 Å². The molecule has 212 valence electrons. The minimum Gasteiger partial charge on any atom is -0.490 e. The average Bonchev–Trinajstić information content (AvgIpc) is 2.97. The molecule has 0 N–H and O–H groups in total. The van der Waals surface area contributed by atoms with Gasteiger partial charge in [0.1, 0.15) is 5.82 Å². The number of hydrogen-bond donors (Lipinski definition) is 0. The molecule has 6 rings (SSSR count). The number of halogens is 3. The zero-order valence-electron chi connectivity index (χ0n) is 23.7. The molecule has 4 aliphatic carbocycles. The summed E-state index contributed by atoms with van der Waals surface area (Å²) in [4.78, 5) is 0. The van der Waals surface area contributed by atoms with Crippen molar-refractivity contribution in [3.8, 4) is 28.0 Å². The smallest absolute Gasteiger partial charge is 0.201 e. The van der Waals surface area contributed by atoms with Crippen LogP contribution in [0.4, 0.5) is 13.2 Å². The Kier molecular flexibility index (Phi) is 8.28. The molecule has 0 atom stereocenters. The van der Waals surface area contributed by atoms with Crippen LogP contribution in [0.1, 0.15) is 121 Å². The Hall–Kier alpha value is -1.97. The summed E-state index contributed by atoms with van der Waals surface area (Å²) in [6.45, 7) is 2.70. The van der Waals surface area contributed by atoms with Crippen molar-refractivity contribution in [2.75, 3.05) is 6.61 Å². The summed E-state index contributed by atoms with van der Waals surface area (Å²) >= 11 is 0. The van der Waals surface area contributed by atoms with Crippen LogP contribution < -0.4 is 4.74 Å². The predicted molar refractivity (Wildman–Crippen MR) is 152 cm³/mol. The molecule has 39 heavy (non-hydrogen) atoms. The van der Waals surface area contributed by atoms with E-state index in [9.17, 15) is 4.39 Å². The Morgan fingerprint density at radius 1 is 0.692 bits per heavy atom. The standard InChI is InChI=1S/C35H45F3O/c1-2-3-7-22-10-12-24(13-11-22)25-14-16-26(17-15-25)27-18-19-28-29-20-30(39-21-23-8-5-4-6-9-23)34(37)35(38)32(29)31(28)33(27)36/h18-20,22-26H,2-17,21H2,1H3. The fourth-order valence-electron chi connectivity index (χ4n) is 8.38. The van der Waals surface area contributed by atoms with Crippen LogP contribution in [0.2, 0.25) is 0 Å². The van der Waals surface area contributed by atoms with E-state index in [2.05, 4.69) is 6.92 Å². The fourth-order valence-corrected chi connectivity index (χ4v) is 8.38. The number of rotatable bonds is 8. The normalized spacial score (nSPS) is 27.0. The summed E-state index contributed by atoms with van der Waals surface area (Å²) in [7, 11) is 0. The van der Waals surface area contributed by atoms with E-state index in [1.54, 1.807) is 6.07 Å². The molecule has 0 bridgehead atoms. The lowest BCUT2D eigenvalue weighted by atomic mass is 9.67. The lowest BCUT2D eigenvalue weighted by Crippen LogP contribution is -2.25. The van der Waals surface area contributed by atoms with E-state index >= 15 is 8.78 Å². The van der Waals surface area contributed by atoms with Gasteiger partial charge >= 0.3 is 0 Å². The van der Waals surface area contributed by atoms with Crippen LogP contribution >= 0.6 is 0 Å². The fraction of sp³-hybridized carbons (Fsp3) is 0.657. The van der Waals surface area contributed by atoms with Crippen molar-refractivity contribution >= 4 is 0 Å². The summed E-state index contributed by atoms with van der Waals surface area (Å²) in [5.41, 5.74) is 2.32. The summed E-state index contributed by atoms with van der Waals surface area (Å²) in [5.74, 6) is 0.780. The minimum atomic E-state index is -0.982. The number of fused-ring (bicyclic) bond motifs is 4. The maximum absolute atomic E-state index is 15.9. The maximum Gasteiger partial charge on any atom is 0.201 e. The van der Waals surface area contributed by atoms with Crippen LogP contribution in [0.15, 0.2) is 18.2 Å². The molecule has 4 heteroatoms. The molecule has 0 aliphatic heterocycles. The zero-order chi connectivity index (χ0) is 26.9. The molecule has 2 aromatic rings. The van der Waals surface area contributed by atoms with Crippen molar-refractivity contribution in [2.24, 2.45) is 23.7 Å². The Bertz CT molecular complexity index is 1150. The van der Waals surface area contributed by atoms with Gasteiger partial charge in [0, 0.05) is 11.1 Å². The Labute approximate surface area is 232 Å². The second kappa shape index (κ2) is 11.9. The SMILES string of the molecule is CCCCC1CCC(C2CCC(c3ccc4c(c3F)-c3c-4cc(OCC4CCCCC4)c(F)c3F)CC2)CC1. The second-order valence-electron chi connectivity index (χ2n) is 13.2. The molecule has 0 radical (unpaired) electrons. The molecule has 0 amide bonds. The summed E-state index contributed by atoms with van der Waals surface area (Å²) in [6, 6.07) is 5.41. The molecule has 3 fully saturated rings. The van der Waals surface area contributed by atoms with Gasteiger partial charge in [0.15, 0.2) is 11.6 Å². The van der Waals surface area contributed by atoms with Crippen LogP contribution in [0.3, 0.4) is 0 Å². The Balaban J connectivity index is 1.10. The first-order chi connectivity index (χ1) is 19.0. The summed E-state index contributed by atoms with van der Waals surface area (Å²) in [5, 5.41) is 0. The lowest BCUT2D eigenvalue weighted by Gasteiger charge is -2.38. The van der Waals surface area contributed by atoms with Crippen molar-refractivity contribution < 1.29 is 17.9 Å². The molecule has 1 nitrogen and oxygen atoms in total. The van der Waals surface area contributed by atoms with E-state index in [0.29, 0.717) is 29.2 Å². The minimum absolute atomic E-state index is 0.0373. The highest BCUT2D eigenvalue weighted by Gasteiger charge is 2.37. The first-order valence-corrected chi connectivity index (χ1v) is 16.0. The van der Waals surface area contributed by atoms with Crippen LogP contribution in [0.25, 0.3) is 22.3 Å². The van der Waals surface area contributed by atoms with Gasteiger partial charge in [0.25, 0.3) is 0 Å². The molecular formula is C35H45F3O. The molecule has 0 spiro atoms. The predicted octanol–water partition coefficient (Wildman–Crippen LogP) is 11.0. The monoisotopic (exact) mass is 538 g/mol. The first kappa shape index (κ1) is 27.2. The number of hydrogen-bond acceptors (Lipinski definition) is 1. The number of unbranched alkanes of at least 4 members (excludes halogenated alkanes) is 1. The van der Waals surface area contributed by atoms with Gasteiger partial charge < -0.3 is 4.74 Å². The van der Waals surface area contributed by atoms with Gasteiger partial charge in [0.2, 0.25) is 5.82 Å². The molecule has 2 aromatic carbocycles. The topological polar surface area (TPSA) is 9.23 Å². The lowest BCUT2D eigenvalue weighted by molar-refractivity contribution is 0.155. The van der Waals surface area contributed by atoms with Gasteiger partial charge in [-0.05, 0) is 104 Å². The largest absolute Gasteiger partial charge is 0.490 e. The third-order valence-electron chi connectivity index (χ3n) is 10.8. The van der Waals surface area contributed by atoms with Crippen molar-refractivity contribution in [1.82, 2.24) is 0 Å². The van der Waals surface area contributed by atoms with E-state index in [-0.39, 0.29) is 28.6 Å². The highest BCUT2D eigenvalue weighted by atomic mass is 19.2. The van der Waals surface area contributed by atoms with Crippen LogP contribution in [0.5, 0.6) is 5.75 Å². The molecule has 0 saturated heterocycles. The average molecular weight is 539 g/mol. The number of benzene rings is 2. The van der Waals surface area contributed by atoms with Crippen LogP contribution in [-0.2, 0) is 0 Å². The van der Waals surface area contributed by atoms with E-state index in [1.165, 1.54) is 64.2 Å². The summed E-state index contributed by atoms with van der Waals surface area (Å²) in [6.07, 6.45) is 19.6. The van der Waals surface area contributed by atoms with Gasteiger partial charge in [-0.25, -0.2) is 8.78 Å². The summed E-state index contributed by atoms with van der Waals surface area (Å²) < 4.78 is 51.8. The Morgan fingerprint density at radius 3 is 2.05 bits per heavy atom. The van der Waals surface area contributed by atoms with E-state index in [0.717, 1.165) is 56.3 Å². The van der Waals surface area contributed by atoms with E-state index < -0.39 is 11.6 Å². The van der Waals surface area contributed by atoms with Crippen molar-refractivity contribution in [3.63, 3.8) is 0 Å². The van der Waals surface area contributed by atoms with Gasteiger partial charge in [-0.2, -0.15) is 4.39 Å². The van der Waals surface area contributed by atoms with Crippen molar-refractivity contribution in [1.29, 1.82) is 0 Å². The molecule has 4 aliphatic rings. The van der Waals surface area contributed by atoms with Crippen LogP contribution in [-0.4, -0.2) is 6.61 Å². The number of ether oxygens (including phenoxy) is 1. The molecular weight excluding hydrogens is 493 g/mol. The quantitative estimate of drug-likeness (QED) is 0.277. The third-order valence-corrected chi connectivity index (χ3v) is 10.8. The molecule has 0 aromatic heterocycles. The maximum atomic E-state index is 15.9. The van der Waals surface area contributed by atoms with Gasteiger partial charge in [-0.15, -0.1) is 0 Å². The van der Waals surface area contributed by atoms with E-state index in [4.69, 9.17) is 4.74 Å². The second-order valence-corrected chi connectivity index (χ2v) is 13.2. The third kappa shape index (κ3) is 5.38. The molecule has 0 heterocycles. The van der Waals surface area contributed by atoms with Gasteiger partial charge in [0.05, 0.1) is 6.61 Å². The molecule has 3 saturated carbocycles. The zero-order valence-corrected chi connectivity index (χ0v) is 23.7. The highest BCUT2D eigenvalue weighted by Crippen LogP contribution is 2.54. The Morgan fingerprint density at radius 2 is 1.36 bits per heavy atom. The van der Waals surface area contributed by atoms with Gasteiger partial charge in [-0.1, -0.05) is 70.4 Å². The van der Waals surface area contributed by atoms with Crippen LogP contribution in [0, 0.1) is 41.1 Å². The molecule has 0 unspecified atom stereocenters. The van der Waals surface area contributed by atoms with Gasteiger partial charge in [-0.3, -0.25) is 0 Å². The van der Waals surface area contributed by atoms with Crippen molar-refractivity contribution in [2.45, 2.75) is 116 Å². The highest BCUT2D eigenvalue weighted by molar-refractivity contribution is 6.03. The van der Waals surface area contributed by atoms with Crippen molar-refractivity contribution in [3.05, 3.63) is 41.2 Å².